The van der Waals surface area contributed by atoms with Crippen LogP contribution in [0.3, 0.4) is 0 Å². The predicted octanol–water partition coefficient (Wildman–Crippen LogP) is 4.52. The van der Waals surface area contributed by atoms with E-state index in [1.54, 1.807) is 29.1 Å². The normalized spacial score (nSPS) is 14.6. The number of fused-ring (bicyclic) bond motifs is 3. The molecule has 10 heteroatoms. The van der Waals surface area contributed by atoms with Crippen molar-refractivity contribution in [3.05, 3.63) is 48.3 Å². The first-order valence-electron chi connectivity index (χ1n) is 11.1. The average molecular weight is 455 g/mol. The number of hydrogen-bond donors (Lipinski definition) is 2. The van der Waals surface area contributed by atoms with Gasteiger partial charge < -0.3 is 11.1 Å². The maximum absolute atomic E-state index is 13.9. The summed E-state index contributed by atoms with van der Waals surface area (Å²) in [5.74, 6) is -2.63. The summed E-state index contributed by atoms with van der Waals surface area (Å²) >= 11 is 0. The standard InChI is InChI=1S/C16H15F2N7.C7H13N/c1-3-24-11(7-8-20-24)13-22-14-9-5-4-6-10(16(2,17)18)12(9)21-15(19)25(14)23-13;1-7-5-3-2-4-6-8-7/h4-8H,3H2,1-2H3,(H2,19,21);8H,1-6H2. The molecule has 1 aliphatic rings. The largest absolute Gasteiger partial charge is 0.389 e. The van der Waals surface area contributed by atoms with Gasteiger partial charge in [-0.2, -0.15) is 9.61 Å². The Kier molecular flexibility index (Phi) is 6.26. The number of nitrogens with zero attached hydrogens (tertiary/aromatic N) is 6. The minimum Gasteiger partial charge on any atom is -0.389 e. The van der Waals surface area contributed by atoms with Crippen molar-refractivity contribution < 1.29 is 8.78 Å². The third kappa shape index (κ3) is 4.64. The fourth-order valence-electron chi connectivity index (χ4n) is 3.88. The van der Waals surface area contributed by atoms with E-state index in [0.717, 1.165) is 19.2 Å². The monoisotopic (exact) mass is 454 g/mol. The molecular weight excluding hydrogens is 426 g/mol. The van der Waals surface area contributed by atoms with Crippen molar-refractivity contribution in [3.8, 4) is 11.5 Å². The first kappa shape index (κ1) is 22.6. The molecule has 5 rings (SSSR count). The Hall–Kier alpha value is -3.56. The number of alkyl halides is 2. The number of aryl methyl sites for hydroxylation is 1. The molecule has 174 valence electrons. The fraction of sp³-hybridized carbons (Fsp3) is 0.391. The topological polar surface area (TPSA) is 99.0 Å². The van der Waals surface area contributed by atoms with Gasteiger partial charge in [0.15, 0.2) is 5.65 Å². The molecule has 33 heavy (non-hydrogen) atoms. The summed E-state index contributed by atoms with van der Waals surface area (Å²) < 4.78 is 30.9. The number of nitrogens with one attached hydrogen (secondary N) is 1. The van der Waals surface area contributed by atoms with Gasteiger partial charge in [0, 0.05) is 42.9 Å². The maximum atomic E-state index is 13.9. The molecule has 0 spiro atoms. The number of para-hydroxylation sites is 1. The maximum Gasteiger partial charge on any atom is 0.272 e. The average Bonchev–Trinajstić information content (AvgIpc) is 3.36. The summed E-state index contributed by atoms with van der Waals surface area (Å²) in [6, 6.07) is 6.37. The predicted molar refractivity (Wildman–Crippen MR) is 125 cm³/mol. The first-order valence-corrected chi connectivity index (χ1v) is 11.1. The number of halogens is 2. The van der Waals surface area contributed by atoms with Crippen LogP contribution in [0.4, 0.5) is 14.7 Å². The van der Waals surface area contributed by atoms with Crippen molar-refractivity contribution in [3.63, 3.8) is 0 Å². The molecule has 3 N–H and O–H groups in total. The Balaban J connectivity index is 0.000000275. The van der Waals surface area contributed by atoms with E-state index in [0.29, 0.717) is 23.4 Å². The zero-order chi connectivity index (χ0) is 23.6. The minimum absolute atomic E-state index is 0.000476. The lowest BCUT2D eigenvalue weighted by Crippen LogP contribution is -2.10. The van der Waals surface area contributed by atoms with Crippen LogP contribution >= 0.6 is 0 Å². The van der Waals surface area contributed by atoms with Crippen LogP contribution in [0.25, 0.3) is 28.1 Å². The van der Waals surface area contributed by atoms with Gasteiger partial charge in [-0.3, -0.25) is 4.68 Å². The van der Waals surface area contributed by atoms with Crippen LogP contribution in [-0.4, -0.2) is 35.9 Å². The van der Waals surface area contributed by atoms with E-state index in [1.807, 2.05) is 6.92 Å². The second kappa shape index (κ2) is 9.13. The molecule has 1 aliphatic heterocycles. The number of allylic oxidation sites excluding steroid dienone is 1. The molecule has 1 aromatic carbocycles. The molecule has 4 heterocycles. The first-order chi connectivity index (χ1) is 15.8. The Labute approximate surface area is 190 Å². The second-order valence-corrected chi connectivity index (χ2v) is 8.10. The molecule has 4 aromatic rings. The molecular formula is C23H28F2N8. The Morgan fingerprint density at radius 1 is 1.18 bits per heavy atom. The smallest absolute Gasteiger partial charge is 0.272 e. The van der Waals surface area contributed by atoms with Crippen LogP contribution in [0.15, 0.2) is 42.7 Å². The molecule has 0 unspecified atom stereocenters. The highest BCUT2D eigenvalue weighted by Crippen LogP contribution is 2.34. The third-order valence-electron chi connectivity index (χ3n) is 5.58. The highest BCUT2D eigenvalue weighted by molar-refractivity contribution is 5.95. The van der Waals surface area contributed by atoms with E-state index >= 15 is 0 Å². The number of nitrogens with two attached hydrogens (primary N) is 1. The molecule has 0 radical (unpaired) electrons. The molecule has 0 saturated carbocycles. The van der Waals surface area contributed by atoms with E-state index < -0.39 is 5.92 Å². The molecule has 0 atom stereocenters. The van der Waals surface area contributed by atoms with Gasteiger partial charge in [0.05, 0.1) is 5.52 Å². The molecule has 0 aliphatic carbocycles. The number of hydrogen-bond acceptors (Lipinski definition) is 6. The summed E-state index contributed by atoms with van der Waals surface area (Å²) in [6.07, 6.45) is 6.84. The highest BCUT2D eigenvalue weighted by Gasteiger charge is 2.28. The van der Waals surface area contributed by atoms with E-state index in [-0.39, 0.29) is 17.0 Å². The number of aromatic nitrogens is 6. The summed E-state index contributed by atoms with van der Waals surface area (Å²) in [5.41, 5.74) is 8.21. The fourth-order valence-corrected chi connectivity index (χ4v) is 3.88. The van der Waals surface area contributed by atoms with Gasteiger partial charge in [-0.05, 0) is 38.3 Å². The van der Waals surface area contributed by atoms with E-state index in [9.17, 15) is 8.78 Å². The van der Waals surface area contributed by atoms with Crippen LogP contribution in [0, 0.1) is 0 Å². The molecule has 8 nitrogen and oxygen atoms in total. The van der Waals surface area contributed by atoms with Crippen LogP contribution in [0.2, 0.25) is 0 Å². The Bertz CT molecular complexity index is 1280. The highest BCUT2D eigenvalue weighted by atomic mass is 19.3. The van der Waals surface area contributed by atoms with Crippen LogP contribution in [0.5, 0.6) is 0 Å². The number of rotatable bonds is 3. The summed E-state index contributed by atoms with van der Waals surface area (Å²) in [7, 11) is 0. The second-order valence-electron chi connectivity index (χ2n) is 8.10. The van der Waals surface area contributed by atoms with Gasteiger partial charge >= 0.3 is 0 Å². The van der Waals surface area contributed by atoms with Crippen molar-refractivity contribution in [1.82, 2.24) is 34.7 Å². The lowest BCUT2D eigenvalue weighted by Gasteiger charge is -2.13. The van der Waals surface area contributed by atoms with Crippen molar-refractivity contribution in [2.75, 3.05) is 12.3 Å². The number of nitrogen functional groups attached to an aromatic ring is 1. The quantitative estimate of drug-likeness (QED) is 0.472. The molecule has 1 fully saturated rings. The van der Waals surface area contributed by atoms with E-state index in [2.05, 4.69) is 32.1 Å². The third-order valence-corrected chi connectivity index (χ3v) is 5.58. The van der Waals surface area contributed by atoms with Gasteiger partial charge in [-0.15, -0.1) is 5.10 Å². The number of benzene rings is 1. The Morgan fingerprint density at radius 2 is 2.00 bits per heavy atom. The molecule has 0 bridgehead atoms. The lowest BCUT2D eigenvalue weighted by atomic mass is 10.1. The summed E-state index contributed by atoms with van der Waals surface area (Å²) in [5, 5.41) is 12.3. The van der Waals surface area contributed by atoms with Gasteiger partial charge in [0.1, 0.15) is 5.69 Å². The molecule has 3 aromatic heterocycles. The van der Waals surface area contributed by atoms with Gasteiger partial charge in [0.25, 0.3) is 5.92 Å². The molecule has 1 saturated heterocycles. The van der Waals surface area contributed by atoms with Crippen LogP contribution in [-0.2, 0) is 12.5 Å². The van der Waals surface area contributed by atoms with Crippen LogP contribution in [0.1, 0.15) is 45.1 Å². The van der Waals surface area contributed by atoms with Crippen molar-refractivity contribution in [2.45, 2.75) is 52.0 Å². The van der Waals surface area contributed by atoms with Gasteiger partial charge in [-0.25, -0.2) is 18.7 Å². The van der Waals surface area contributed by atoms with E-state index in [1.165, 1.54) is 42.0 Å². The zero-order valence-electron chi connectivity index (χ0n) is 18.9. The van der Waals surface area contributed by atoms with E-state index in [4.69, 9.17) is 5.73 Å². The van der Waals surface area contributed by atoms with Crippen molar-refractivity contribution in [2.24, 2.45) is 0 Å². The lowest BCUT2D eigenvalue weighted by molar-refractivity contribution is 0.0189. The SMILES string of the molecule is C=C1CCCCCN1.CCn1nccc1-c1nc2c3cccc(C(C)(F)F)c3nc(N)n2n1. The van der Waals surface area contributed by atoms with Gasteiger partial charge in [-0.1, -0.05) is 25.1 Å². The van der Waals surface area contributed by atoms with Gasteiger partial charge in [0.2, 0.25) is 11.8 Å². The summed E-state index contributed by atoms with van der Waals surface area (Å²) in [4.78, 5) is 8.65. The zero-order valence-corrected chi connectivity index (χ0v) is 18.9. The summed E-state index contributed by atoms with van der Waals surface area (Å²) in [6.45, 7) is 8.44. The van der Waals surface area contributed by atoms with Crippen molar-refractivity contribution >= 4 is 22.5 Å². The van der Waals surface area contributed by atoms with Crippen molar-refractivity contribution in [1.29, 1.82) is 0 Å². The Morgan fingerprint density at radius 3 is 2.76 bits per heavy atom. The van der Waals surface area contributed by atoms with Crippen LogP contribution < -0.4 is 11.1 Å². The number of anilines is 1. The molecule has 0 amide bonds. The minimum atomic E-state index is -3.04.